The van der Waals surface area contributed by atoms with E-state index in [0.29, 0.717) is 11.1 Å². The molecule has 0 spiro atoms. The Morgan fingerprint density at radius 3 is 1.80 bits per heavy atom. The lowest BCUT2D eigenvalue weighted by atomic mass is 10.3. The lowest BCUT2D eigenvalue weighted by Crippen LogP contribution is -2.33. The number of hydrogen-bond acceptors (Lipinski definition) is 4. The van der Waals surface area contributed by atoms with Crippen molar-refractivity contribution in [2.75, 3.05) is 13.2 Å². The van der Waals surface area contributed by atoms with E-state index in [-0.39, 0.29) is 37.8 Å². The molecule has 0 saturated carbocycles. The second kappa shape index (κ2) is 8.68. The summed E-state index contributed by atoms with van der Waals surface area (Å²) in [6, 6.07) is 26.0. The molecule has 4 rings (SSSR count). The summed E-state index contributed by atoms with van der Waals surface area (Å²) in [4.78, 5) is 24.9. The Morgan fingerprint density at radius 1 is 0.733 bits per heavy atom. The number of benzene rings is 3. The number of likely N-dealkylation sites (tertiary alicyclic amines) is 1. The van der Waals surface area contributed by atoms with E-state index in [1.807, 2.05) is 78.9 Å². The van der Waals surface area contributed by atoms with Gasteiger partial charge in [-0.15, -0.1) is 0 Å². The van der Waals surface area contributed by atoms with Crippen LogP contribution in [0, 0.1) is 0 Å². The van der Waals surface area contributed by atoms with Gasteiger partial charge in [-0.3, -0.25) is 14.5 Å². The van der Waals surface area contributed by atoms with Crippen molar-refractivity contribution in [2.45, 2.75) is 12.8 Å². The number of ether oxygens (including phenoxy) is 1. The van der Waals surface area contributed by atoms with Crippen LogP contribution in [0.1, 0.15) is 12.8 Å². The monoisotopic (exact) mass is 419 g/mol. The van der Waals surface area contributed by atoms with Crippen LogP contribution in [0.2, 0.25) is 0 Å². The van der Waals surface area contributed by atoms with Crippen LogP contribution in [0.3, 0.4) is 0 Å². The van der Waals surface area contributed by atoms with Gasteiger partial charge in [0.15, 0.2) is 7.14 Å². The average Bonchev–Trinajstić information content (AvgIpc) is 3.12. The van der Waals surface area contributed by atoms with E-state index in [1.54, 1.807) is 6.07 Å². The fourth-order valence-electron chi connectivity index (χ4n) is 3.66. The van der Waals surface area contributed by atoms with Gasteiger partial charge in [0.1, 0.15) is 12.4 Å². The highest BCUT2D eigenvalue weighted by atomic mass is 31.2. The maximum atomic E-state index is 14.6. The van der Waals surface area contributed by atoms with Crippen LogP contribution in [0.4, 0.5) is 0 Å². The normalized spacial score (nSPS) is 14.2. The minimum absolute atomic E-state index is 0.151. The summed E-state index contributed by atoms with van der Waals surface area (Å²) >= 11 is 0. The van der Waals surface area contributed by atoms with Crippen LogP contribution in [0.25, 0.3) is 0 Å². The van der Waals surface area contributed by atoms with Gasteiger partial charge in [-0.2, -0.15) is 0 Å². The van der Waals surface area contributed by atoms with Gasteiger partial charge in [0.05, 0.1) is 11.8 Å². The van der Waals surface area contributed by atoms with Crippen molar-refractivity contribution in [3.63, 3.8) is 0 Å². The molecule has 1 aliphatic rings. The number of rotatable bonds is 7. The molecule has 1 saturated heterocycles. The van der Waals surface area contributed by atoms with Crippen LogP contribution in [0.5, 0.6) is 5.75 Å². The zero-order valence-corrected chi connectivity index (χ0v) is 17.3. The molecule has 3 aromatic carbocycles. The molecule has 0 radical (unpaired) electrons. The summed E-state index contributed by atoms with van der Waals surface area (Å²) in [7, 11) is -3.18. The Bertz CT molecular complexity index is 1040. The molecular formula is C24H22NO4P. The molecule has 0 aromatic heterocycles. The molecule has 2 amide bonds. The Hall–Kier alpha value is -3.17. The number of imide groups is 1. The first-order valence-corrected chi connectivity index (χ1v) is 11.6. The molecule has 0 N–H and O–H groups in total. The number of hydrogen-bond donors (Lipinski definition) is 0. The second-order valence-corrected chi connectivity index (χ2v) is 9.77. The van der Waals surface area contributed by atoms with Crippen LogP contribution in [-0.2, 0) is 14.2 Å². The third-order valence-electron chi connectivity index (χ3n) is 5.17. The molecule has 1 fully saturated rings. The Balaban J connectivity index is 1.68. The summed E-state index contributed by atoms with van der Waals surface area (Å²) in [5.74, 6) is 0.153. The fraction of sp³-hybridized carbons (Fsp3) is 0.167. The third kappa shape index (κ3) is 3.81. The summed E-state index contributed by atoms with van der Waals surface area (Å²) in [5, 5.41) is 2.04. The lowest BCUT2D eigenvalue weighted by Gasteiger charge is -2.23. The number of para-hydroxylation sites is 1. The zero-order valence-electron chi connectivity index (χ0n) is 16.4. The highest BCUT2D eigenvalue weighted by molar-refractivity contribution is 7.85. The number of carbonyl (C=O) groups is 2. The van der Waals surface area contributed by atoms with Gasteiger partial charge in [-0.1, -0.05) is 72.8 Å². The molecule has 5 nitrogen and oxygen atoms in total. The van der Waals surface area contributed by atoms with E-state index in [9.17, 15) is 14.2 Å². The van der Waals surface area contributed by atoms with Gasteiger partial charge in [0, 0.05) is 23.5 Å². The van der Waals surface area contributed by atoms with Gasteiger partial charge in [0.25, 0.3) is 0 Å². The van der Waals surface area contributed by atoms with Gasteiger partial charge in [-0.05, 0) is 12.1 Å². The van der Waals surface area contributed by atoms with E-state index >= 15 is 0 Å². The molecule has 3 aromatic rings. The number of amides is 2. The quantitative estimate of drug-likeness (QED) is 0.437. The summed E-state index contributed by atoms with van der Waals surface area (Å²) in [5.41, 5.74) is 0. The van der Waals surface area contributed by atoms with E-state index in [4.69, 9.17) is 4.74 Å². The lowest BCUT2D eigenvalue weighted by molar-refractivity contribution is -0.138. The van der Waals surface area contributed by atoms with Crippen LogP contribution in [-0.4, -0.2) is 29.9 Å². The predicted molar refractivity (Wildman–Crippen MR) is 117 cm³/mol. The highest BCUT2D eigenvalue weighted by Crippen LogP contribution is 2.44. The molecule has 152 valence electrons. The predicted octanol–water partition coefficient (Wildman–Crippen LogP) is 2.85. The maximum absolute atomic E-state index is 14.6. The molecule has 30 heavy (non-hydrogen) atoms. The van der Waals surface area contributed by atoms with Crippen molar-refractivity contribution >= 4 is 34.9 Å². The van der Waals surface area contributed by atoms with Crippen molar-refractivity contribution < 1.29 is 18.9 Å². The van der Waals surface area contributed by atoms with Gasteiger partial charge >= 0.3 is 0 Å². The molecule has 6 heteroatoms. The highest BCUT2D eigenvalue weighted by Gasteiger charge is 2.33. The largest absolute Gasteiger partial charge is 0.491 e. The van der Waals surface area contributed by atoms with Crippen molar-refractivity contribution in [1.82, 2.24) is 4.90 Å². The van der Waals surface area contributed by atoms with Gasteiger partial charge in [0.2, 0.25) is 11.8 Å². The van der Waals surface area contributed by atoms with Crippen molar-refractivity contribution in [3.05, 3.63) is 84.9 Å². The van der Waals surface area contributed by atoms with Crippen LogP contribution < -0.4 is 20.7 Å². The van der Waals surface area contributed by atoms with Crippen LogP contribution in [0.15, 0.2) is 84.9 Å². The smallest absolute Gasteiger partial charge is 0.229 e. The average molecular weight is 419 g/mol. The van der Waals surface area contributed by atoms with Gasteiger partial charge in [-0.25, -0.2) is 0 Å². The molecule has 0 bridgehead atoms. The molecule has 0 atom stereocenters. The Kier molecular flexibility index (Phi) is 5.82. The number of nitrogens with zero attached hydrogens (tertiary/aromatic N) is 1. The Labute approximate surface area is 175 Å². The summed E-state index contributed by atoms with van der Waals surface area (Å²) < 4.78 is 20.5. The molecule has 0 aliphatic carbocycles. The second-order valence-electron chi connectivity index (χ2n) is 7.04. The van der Waals surface area contributed by atoms with E-state index in [2.05, 4.69) is 0 Å². The SMILES string of the molecule is O=C1CCC(=O)N1CCOc1ccccc1P(=O)(c1ccccc1)c1ccccc1. The topological polar surface area (TPSA) is 63.7 Å². The molecule has 0 unspecified atom stereocenters. The van der Waals surface area contributed by atoms with Crippen LogP contribution >= 0.6 is 7.14 Å². The molecule has 1 heterocycles. The minimum Gasteiger partial charge on any atom is -0.491 e. The minimum atomic E-state index is -3.18. The van der Waals surface area contributed by atoms with Gasteiger partial charge < -0.3 is 9.30 Å². The first-order valence-electron chi connectivity index (χ1n) is 9.87. The fourth-order valence-corrected chi connectivity index (χ4v) is 6.45. The Morgan fingerprint density at radius 2 is 1.23 bits per heavy atom. The van der Waals surface area contributed by atoms with Crippen molar-refractivity contribution in [2.24, 2.45) is 0 Å². The number of carbonyl (C=O) groups excluding carboxylic acids is 2. The zero-order chi connectivity index (χ0) is 21.0. The summed E-state index contributed by atoms with van der Waals surface area (Å²) in [6.45, 7) is 0.338. The third-order valence-corrected chi connectivity index (χ3v) is 8.27. The molecule has 1 aliphatic heterocycles. The van der Waals surface area contributed by atoms with Crippen molar-refractivity contribution in [1.29, 1.82) is 0 Å². The first kappa shape index (κ1) is 20.1. The maximum Gasteiger partial charge on any atom is 0.229 e. The van der Waals surface area contributed by atoms with E-state index in [1.165, 1.54) is 4.90 Å². The van der Waals surface area contributed by atoms with Crippen molar-refractivity contribution in [3.8, 4) is 5.75 Å². The first-order chi connectivity index (χ1) is 14.6. The standard InChI is InChI=1S/C24H22NO4P/c26-23-15-16-24(27)25(23)17-18-29-21-13-7-8-14-22(21)30(28,19-9-3-1-4-10-19)20-11-5-2-6-12-20/h1-14H,15-18H2. The summed E-state index contributed by atoms with van der Waals surface area (Å²) in [6.07, 6.45) is 0.513. The molecular weight excluding hydrogens is 397 g/mol. The van der Waals surface area contributed by atoms with E-state index < -0.39 is 7.14 Å². The van der Waals surface area contributed by atoms with E-state index in [0.717, 1.165) is 10.6 Å².